The van der Waals surface area contributed by atoms with Crippen LogP contribution in [0.4, 0.5) is 5.69 Å². The number of carboxylic acid groups (broad SMARTS) is 1. The van der Waals surface area contributed by atoms with Gasteiger partial charge in [0.1, 0.15) is 0 Å². The summed E-state index contributed by atoms with van der Waals surface area (Å²) in [7, 11) is 6.18. The van der Waals surface area contributed by atoms with Crippen molar-refractivity contribution in [3.8, 4) is 0 Å². The van der Waals surface area contributed by atoms with E-state index in [2.05, 4.69) is 30.9 Å². The van der Waals surface area contributed by atoms with E-state index in [1.165, 1.54) is 5.69 Å². The molecule has 19 heavy (non-hydrogen) atoms. The van der Waals surface area contributed by atoms with Crippen LogP contribution in [0.25, 0.3) is 6.08 Å². The maximum absolute atomic E-state index is 10.5. The van der Waals surface area contributed by atoms with E-state index in [0.29, 0.717) is 0 Å². The predicted octanol–water partition coefficient (Wildman–Crippen LogP) is 2.09. The Morgan fingerprint density at radius 2 is 1.95 bits per heavy atom. The van der Waals surface area contributed by atoms with Gasteiger partial charge in [0.05, 0.1) is 0 Å². The van der Waals surface area contributed by atoms with E-state index in [-0.39, 0.29) is 0 Å². The summed E-state index contributed by atoms with van der Waals surface area (Å²) < 4.78 is 0. The number of carboxylic acids is 1. The Labute approximate surface area is 115 Å². The van der Waals surface area contributed by atoms with Crippen LogP contribution >= 0.6 is 0 Å². The molecule has 0 amide bonds. The maximum atomic E-state index is 10.5. The molecule has 0 aromatic heterocycles. The fraction of sp³-hybridized carbons (Fsp3) is 0.400. The average molecular weight is 262 g/mol. The quantitative estimate of drug-likeness (QED) is 0.797. The predicted molar refractivity (Wildman–Crippen MR) is 79.7 cm³/mol. The van der Waals surface area contributed by atoms with Crippen molar-refractivity contribution in [1.82, 2.24) is 4.90 Å². The number of hydrogen-bond donors (Lipinski definition) is 1. The molecule has 0 atom stereocenters. The van der Waals surface area contributed by atoms with E-state index in [9.17, 15) is 4.79 Å². The van der Waals surface area contributed by atoms with Crippen molar-refractivity contribution < 1.29 is 9.90 Å². The highest BCUT2D eigenvalue weighted by molar-refractivity contribution is 5.85. The Morgan fingerprint density at radius 3 is 2.47 bits per heavy atom. The highest BCUT2D eigenvalue weighted by atomic mass is 16.4. The van der Waals surface area contributed by atoms with Gasteiger partial charge >= 0.3 is 5.97 Å². The normalized spacial score (nSPS) is 11.2. The second-order valence-corrected chi connectivity index (χ2v) is 4.94. The number of aliphatic carboxylic acids is 1. The second-order valence-electron chi connectivity index (χ2n) is 4.94. The summed E-state index contributed by atoms with van der Waals surface area (Å²) in [6.45, 7) is 3.99. The van der Waals surface area contributed by atoms with Crippen LogP contribution in [0.15, 0.2) is 24.3 Å². The summed E-state index contributed by atoms with van der Waals surface area (Å²) in [6.07, 6.45) is 2.77. The number of anilines is 1. The summed E-state index contributed by atoms with van der Waals surface area (Å²) in [4.78, 5) is 14.8. The molecule has 1 aromatic carbocycles. The zero-order valence-electron chi connectivity index (χ0n) is 12.1. The molecule has 0 unspecified atom stereocenters. The molecule has 4 nitrogen and oxygen atoms in total. The van der Waals surface area contributed by atoms with Crippen molar-refractivity contribution in [1.29, 1.82) is 0 Å². The molecule has 0 aliphatic rings. The van der Waals surface area contributed by atoms with E-state index >= 15 is 0 Å². The first-order chi connectivity index (χ1) is 8.90. The Bertz CT molecular complexity index is 467. The molecule has 104 valence electrons. The van der Waals surface area contributed by atoms with Gasteiger partial charge in [-0.3, -0.25) is 0 Å². The van der Waals surface area contributed by atoms with Crippen molar-refractivity contribution in [3.63, 3.8) is 0 Å². The minimum absolute atomic E-state index is 0.907. The van der Waals surface area contributed by atoms with Crippen molar-refractivity contribution in [2.45, 2.75) is 6.92 Å². The zero-order chi connectivity index (χ0) is 14.4. The molecule has 0 heterocycles. The number of carbonyl (C=O) groups is 1. The Kier molecular flexibility index (Phi) is 5.57. The first kappa shape index (κ1) is 15.2. The van der Waals surface area contributed by atoms with E-state index in [1.807, 2.05) is 25.1 Å². The first-order valence-corrected chi connectivity index (χ1v) is 6.27. The third-order valence-corrected chi connectivity index (χ3v) is 2.93. The van der Waals surface area contributed by atoms with Gasteiger partial charge in [0, 0.05) is 31.9 Å². The molecule has 0 saturated carbocycles. The number of rotatable bonds is 6. The third kappa shape index (κ3) is 5.14. The fourth-order valence-corrected chi connectivity index (χ4v) is 1.85. The van der Waals surface area contributed by atoms with Crippen molar-refractivity contribution >= 4 is 17.7 Å². The summed E-state index contributed by atoms with van der Waals surface area (Å²) in [6, 6.07) is 5.97. The minimum Gasteiger partial charge on any atom is -0.478 e. The first-order valence-electron chi connectivity index (χ1n) is 6.27. The van der Waals surface area contributed by atoms with Gasteiger partial charge in [-0.15, -0.1) is 0 Å². The minimum atomic E-state index is -0.926. The van der Waals surface area contributed by atoms with Crippen LogP contribution < -0.4 is 4.90 Å². The number of aryl methyl sites for hydroxylation is 1. The number of hydrogen-bond acceptors (Lipinski definition) is 3. The van der Waals surface area contributed by atoms with Gasteiger partial charge in [-0.2, -0.15) is 0 Å². The fourth-order valence-electron chi connectivity index (χ4n) is 1.85. The van der Waals surface area contributed by atoms with E-state index in [4.69, 9.17) is 5.11 Å². The lowest BCUT2D eigenvalue weighted by Gasteiger charge is -2.23. The number of benzene rings is 1. The lowest BCUT2D eigenvalue weighted by Crippen LogP contribution is -2.28. The van der Waals surface area contributed by atoms with Gasteiger partial charge in [-0.05, 0) is 50.4 Å². The maximum Gasteiger partial charge on any atom is 0.328 e. The molecule has 0 fully saturated rings. The van der Waals surface area contributed by atoms with E-state index < -0.39 is 5.97 Å². The van der Waals surface area contributed by atoms with Crippen LogP contribution in [-0.2, 0) is 4.79 Å². The molecule has 0 radical (unpaired) electrons. The molecular weight excluding hydrogens is 240 g/mol. The third-order valence-electron chi connectivity index (χ3n) is 2.93. The summed E-state index contributed by atoms with van der Waals surface area (Å²) in [5.74, 6) is -0.926. The molecule has 0 bridgehead atoms. The average Bonchev–Trinajstić information content (AvgIpc) is 2.33. The van der Waals surface area contributed by atoms with Crippen molar-refractivity contribution in [3.05, 3.63) is 35.4 Å². The zero-order valence-corrected chi connectivity index (χ0v) is 12.1. The molecule has 0 aliphatic heterocycles. The van der Waals surface area contributed by atoms with Gasteiger partial charge in [0.2, 0.25) is 0 Å². The molecule has 1 rings (SSSR count). The van der Waals surface area contributed by atoms with Gasteiger partial charge in [-0.1, -0.05) is 6.07 Å². The van der Waals surface area contributed by atoms with E-state index in [0.717, 1.165) is 30.3 Å². The highest BCUT2D eigenvalue weighted by Gasteiger charge is 2.05. The molecule has 1 N–H and O–H groups in total. The molecule has 0 saturated heterocycles. The molecule has 0 spiro atoms. The van der Waals surface area contributed by atoms with Crippen LogP contribution in [0, 0.1) is 6.92 Å². The lowest BCUT2D eigenvalue weighted by atomic mass is 10.1. The number of likely N-dealkylation sites (N-methyl/N-ethyl adjacent to an activating group) is 2. The van der Waals surface area contributed by atoms with Crippen LogP contribution in [0.1, 0.15) is 11.1 Å². The smallest absolute Gasteiger partial charge is 0.328 e. The van der Waals surface area contributed by atoms with Crippen LogP contribution in [0.5, 0.6) is 0 Å². The Hall–Kier alpha value is -1.81. The topological polar surface area (TPSA) is 43.8 Å². The lowest BCUT2D eigenvalue weighted by molar-refractivity contribution is -0.131. The van der Waals surface area contributed by atoms with Crippen molar-refractivity contribution in [2.24, 2.45) is 0 Å². The van der Waals surface area contributed by atoms with Gasteiger partial charge < -0.3 is 14.9 Å². The molecule has 4 heteroatoms. The van der Waals surface area contributed by atoms with Gasteiger partial charge in [0.25, 0.3) is 0 Å². The SMILES string of the molecule is Cc1cc(C=CC(=O)O)ccc1N(C)CCN(C)C. The monoisotopic (exact) mass is 262 g/mol. The Morgan fingerprint density at radius 1 is 1.26 bits per heavy atom. The highest BCUT2D eigenvalue weighted by Crippen LogP contribution is 2.20. The molecule has 1 aromatic rings. The summed E-state index contributed by atoms with van der Waals surface area (Å²) in [5, 5.41) is 8.61. The molecule has 0 aliphatic carbocycles. The van der Waals surface area contributed by atoms with E-state index in [1.54, 1.807) is 6.08 Å². The standard InChI is InChI=1S/C15H22N2O2/c1-12-11-13(6-8-15(18)19)5-7-14(12)17(4)10-9-16(2)3/h5-8,11H,9-10H2,1-4H3,(H,18,19). The number of nitrogens with zero attached hydrogens (tertiary/aromatic N) is 2. The summed E-state index contributed by atoms with van der Waals surface area (Å²) in [5.41, 5.74) is 3.23. The largest absolute Gasteiger partial charge is 0.478 e. The van der Waals surface area contributed by atoms with Crippen LogP contribution in [0.3, 0.4) is 0 Å². The van der Waals surface area contributed by atoms with Gasteiger partial charge in [0.15, 0.2) is 0 Å². The van der Waals surface area contributed by atoms with Gasteiger partial charge in [-0.25, -0.2) is 4.79 Å². The van der Waals surface area contributed by atoms with Crippen molar-refractivity contribution in [2.75, 3.05) is 39.1 Å². The Balaban J connectivity index is 2.79. The second kappa shape index (κ2) is 6.95. The molecular formula is C15H22N2O2. The van der Waals surface area contributed by atoms with Crippen LogP contribution in [0.2, 0.25) is 0 Å². The summed E-state index contributed by atoms with van der Waals surface area (Å²) >= 11 is 0. The van der Waals surface area contributed by atoms with Crippen LogP contribution in [-0.4, -0.2) is 50.2 Å².